The molecule has 3 aromatic heterocycles. The molecule has 0 bridgehead atoms. The first-order chi connectivity index (χ1) is 18.0. The van der Waals surface area contributed by atoms with Crippen molar-refractivity contribution in [2.24, 2.45) is 5.92 Å². The van der Waals surface area contributed by atoms with Crippen LogP contribution in [0.3, 0.4) is 0 Å². The molecule has 2 atom stereocenters. The van der Waals surface area contributed by atoms with Crippen molar-refractivity contribution in [3.8, 4) is 17.3 Å². The van der Waals surface area contributed by atoms with Gasteiger partial charge in [0.05, 0.1) is 17.3 Å². The molecule has 190 valence electrons. The minimum absolute atomic E-state index is 0.175. The number of nitrogens with one attached hydrogen (secondary N) is 1. The number of anilines is 1. The number of rotatable bonds is 6. The Labute approximate surface area is 221 Å². The lowest BCUT2D eigenvalue weighted by atomic mass is 10.1. The van der Waals surface area contributed by atoms with Gasteiger partial charge in [0.2, 0.25) is 5.88 Å². The van der Waals surface area contributed by atoms with E-state index in [1.165, 1.54) is 6.42 Å². The summed E-state index contributed by atoms with van der Waals surface area (Å²) in [4.78, 5) is 21.1. The lowest BCUT2D eigenvalue weighted by Crippen LogP contribution is -2.30. The number of aromatic nitrogens is 5. The van der Waals surface area contributed by atoms with E-state index in [1.807, 2.05) is 12.3 Å². The van der Waals surface area contributed by atoms with Crippen LogP contribution in [-0.4, -0.2) is 55.8 Å². The molecule has 1 N–H and O–H groups in total. The van der Waals surface area contributed by atoms with Crippen molar-refractivity contribution < 1.29 is 4.74 Å². The van der Waals surface area contributed by atoms with E-state index in [2.05, 4.69) is 67.8 Å². The molecule has 2 saturated heterocycles. The summed E-state index contributed by atoms with van der Waals surface area (Å²) in [6.45, 7) is 7.91. The number of hydrogen-bond donors (Lipinski definition) is 1. The Hall–Kier alpha value is -3.23. The molecule has 4 aromatic rings. The number of hydrogen-bond acceptors (Lipinski definition) is 7. The Morgan fingerprint density at radius 2 is 2.03 bits per heavy atom. The predicted molar refractivity (Wildman–Crippen MR) is 144 cm³/mol. The summed E-state index contributed by atoms with van der Waals surface area (Å²) in [6.07, 6.45) is 6.66. The van der Waals surface area contributed by atoms with Gasteiger partial charge in [0.1, 0.15) is 17.8 Å². The molecular formula is C28H30ClN7O. The normalized spacial score (nSPS) is 22.0. The standard InChI is InChI=1S/C28H30ClN7O/c1-17-5-9-30-19(11-17)14-36-25(34-24-26(36)32-16-33-27(24)37-28(2)7-8-28)21-4-3-20(12-22(21)29)35-13-18-6-10-31-23(18)15-35/h3-5,9,11-12,16,18,23,31H,6-8,10,13-15H2,1-2H3/t18-,23+/m1/s1. The first kappa shape index (κ1) is 22.9. The van der Waals surface area contributed by atoms with E-state index in [-0.39, 0.29) is 5.60 Å². The highest BCUT2D eigenvalue weighted by Gasteiger charge is 2.41. The molecule has 37 heavy (non-hydrogen) atoms. The molecule has 0 amide bonds. The van der Waals surface area contributed by atoms with Gasteiger partial charge < -0.3 is 19.5 Å². The summed E-state index contributed by atoms with van der Waals surface area (Å²) in [6, 6.07) is 11.0. The van der Waals surface area contributed by atoms with Gasteiger partial charge in [-0.05, 0) is 81.5 Å². The second kappa shape index (κ2) is 8.67. The predicted octanol–water partition coefficient (Wildman–Crippen LogP) is 4.63. The van der Waals surface area contributed by atoms with Crippen LogP contribution in [0.25, 0.3) is 22.6 Å². The van der Waals surface area contributed by atoms with Crippen LogP contribution in [0.2, 0.25) is 5.02 Å². The summed E-state index contributed by atoms with van der Waals surface area (Å²) in [5.74, 6) is 1.97. The third-order valence-electron chi connectivity index (χ3n) is 8.01. The summed E-state index contributed by atoms with van der Waals surface area (Å²) >= 11 is 6.97. The molecule has 9 heteroatoms. The van der Waals surface area contributed by atoms with Crippen LogP contribution >= 0.6 is 11.6 Å². The van der Waals surface area contributed by atoms with Gasteiger partial charge in [-0.1, -0.05) is 11.6 Å². The zero-order valence-electron chi connectivity index (χ0n) is 21.1. The number of fused-ring (bicyclic) bond motifs is 2. The molecule has 0 spiro atoms. The number of nitrogens with zero attached hydrogens (tertiary/aromatic N) is 6. The Kier molecular flexibility index (Phi) is 5.37. The van der Waals surface area contributed by atoms with Crippen molar-refractivity contribution in [2.45, 2.75) is 51.3 Å². The lowest BCUT2D eigenvalue weighted by Gasteiger charge is -2.20. The fraction of sp³-hybridized carbons (Fsp3) is 0.429. The van der Waals surface area contributed by atoms with Crippen LogP contribution in [-0.2, 0) is 6.54 Å². The fourth-order valence-corrected chi connectivity index (χ4v) is 5.91. The maximum absolute atomic E-state index is 6.97. The maximum Gasteiger partial charge on any atom is 0.245 e. The van der Waals surface area contributed by atoms with E-state index in [0.29, 0.717) is 34.7 Å². The van der Waals surface area contributed by atoms with Crippen LogP contribution in [0.5, 0.6) is 5.88 Å². The average molecular weight is 516 g/mol. The van der Waals surface area contributed by atoms with Crippen molar-refractivity contribution in [1.29, 1.82) is 0 Å². The molecule has 0 radical (unpaired) electrons. The highest BCUT2D eigenvalue weighted by molar-refractivity contribution is 6.33. The summed E-state index contributed by atoms with van der Waals surface area (Å²) in [5, 5.41) is 4.29. The number of pyridine rings is 1. The molecule has 1 saturated carbocycles. The first-order valence-electron chi connectivity index (χ1n) is 13.1. The van der Waals surface area contributed by atoms with Gasteiger partial charge in [-0.25, -0.2) is 9.97 Å². The first-order valence-corrected chi connectivity index (χ1v) is 13.4. The van der Waals surface area contributed by atoms with Crippen LogP contribution < -0.4 is 15.0 Å². The lowest BCUT2D eigenvalue weighted by molar-refractivity contribution is 0.194. The minimum Gasteiger partial charge on any atom is -0.470 e. The zero-order chi connectivity index (χ0) is 25.1. The Morgan fingerprint density at radius 3 is 2.81 bits per heavy atom. The average Bonchev–Trinajstić information content (AvgIpc) is 3.20. The van der Waals surface area contributed by atoms with Gasteiger partial charge >= 0.3 is 0 Å². The smallest absolute Gasteiger partial charge is 0.245 e. The topological polar surface area (TPSA) is 81.0 Å². The zero-order valence-corrected chi connectivity index (χ0v) is 21.9. The molecule has 1 aromatic carbocycles. The maximum atomic E-state index is 6.97. The van der Waals surface area contributed by atoms with Gasteiger partial charge in [0.25, 0.3) is 0 Å². The molecule has 7 rings (SSSR count). The highest BCUT2D eigenvalue weighted by atomic mass is 35.5. The summed E-state index contributed by atoms with van der Waals surface area (Å²) in [5.41, 5.74) is 5.28. The quantitative estimate of drug-likeness (QED) is 0.401. The Bertz CT molecular complexity index is 1490. The van der Waals surface area contributed by atoms with Crippen molar-refractivity contribution in [2.75, 3.05) is 24.5 Å². The molecular weight excluding hydrogens is 486 g/mol. The summed E-state index contributed by atoms with van der Waals surface area (Å²) < 4.78 is 8.34. The van der Waals surface area contributed by atoms with Gasteiger partial charge in [0, 0.05) is 36.6 Å². The van der Waals surface area contributed by atoms with Crippen LogP contribution in [0.1, 0.15) is 37.4 Å². The van der Waals surface area contributed by atoms with Crippen LogP contribution in [0.15, 0.2) is 42.9 Å². The van der Waals surface area contributed by atoms with E-state index in [4.69, 9.17) is 21.3 Å². The van der Waals surface area contributed by atoms with Gasteiger partial charge in [0.15, 0.2) is 11.2 Å². The van der Waals surface area contributed by atoms with E-state index >= 15 is 0 Å². The van der Waals surface area contributed by atoms with Crippen LogP contribution in [0.4, 0.5) is 5.69 Å². The third kappa shape index (κ3) is 4.22. The van der Waals surface area contributed by atoms with E-state index in [9.17, 15) is 0 Å². The molecule has 5 heterocycles. The second-order valence-electron chi connectivity index (χ2n) is 10.9. The van der Waals surface area contributed by atoms with E-state index < -0.39 is 0 Å². The second-order valence-corrected chi connectivity index (χ2v) is 11.3. The number of ether oxygens (including phenoxy) is 1. The number of halogens is 1. The van der Waals surface area contributed by atoms with Crippen molar-refractivity contribution in [3.63, 3.8) is 0 Å². The summed E-state index contributed by atoms with van der Waals surface area (Å²) in [7, 11) is 0. The number of imidazole rings is 1. The van der Waals surface area contributed by atoms with Gasteiger partial charge in [-0.15, -0.1) is 0 Å². The molecule has 3 aliphatic rings. The SMILES string of the molecule is Cc1ccnc(Cn2c(-c3ccc(N4C[C@H]5CCN[C@H]5C4)cc3Cl)nc3c(OC4(C)CC4)ncnc32)c1. The van der Waals surface area contributed by atoms with Crippen molar-refractivity contribution in [1.82, 2.24) is 29.8 Å². The Balaban J connectivity index is 1.30. The highest BCUT2D eigenvalue weighted by Crippen LogP contribution is 2.41. The largest absolute Gasteiger partial charge is 0.470 e. The monoisotopic (exact) mass is 515 g/mol. The fourth-order valence-electron chi connectivity index (χ4n) is 5.65. The molecule has 2 aliphatic heterocycles. The Morgan fingerprint density at radius 1 is 1.14 bits per heavy atom. The molecule has 8 nitrogen and oxygen atoms in total. The van der Waals surface area contributed by atoms with E-state index in [0.717, 1.165) is 66.7 Å². The van der Waals surface area contributed by atoms with E-state index in [1.54, 1.807) is 6.33 Å². The number of aryl methyl sites for hydroxylation is 1. The van der Waals surface area contributed by atoms with Gasteiger partial charge in [-0.2, -0.15) is 4.98 Å². The van der Waals surface area contributed by atoms with Crippen molar-refractivity contribution in [3.05, 3.63) is 59.1 Å². The molecule has 1 aliphatic carbocycles. The van der Waals surface area contributed by atoms with Crippen molar-refractivity contribution >= 4 is 28.5 Å². The molecule has 0 unspecified atom stereocenters. The minimum atomic E-state index is -0.175. The number of benzene rings is 1. The molecule has 3 fully saturated rings. The third-order valence-corrected chi connectivity index (χ3v) is 8.32. The van der Waals surface area contributed by atoms with Gasteiger partial charge in [-0.3, -0.25) is 4.98 Å². The van der Waals surface area contributed by atoms with Crippen LogP contribution in [0, 0.1) is 12.8 Å².